The smallest absolute Gasteiger partial charge is 0.223 e. The van der Waals surface area contributed by atoms with Crippen LogP contribution in [0.2, 0.25) is 0 Å². The summed E-state index contributed by atoms with van der Waals surface area (Å²) in [4.78, 5) is 11.6. The zero-order valence-corrected chi connectivity index (χ0v) is 7.96. The van der Waals surface area contributed by atoms with E-state index in [1.807, 2.05) is 0 Å². The fourth-order valence-electron chi connectivity index (χ4n) is 2.05. The van der Waals surface area contributed by atoms with E-state index in [0.717, 1.165) is 19.3 Å². The van der Waals surface area contributed by atoms with Gasteiger partial charge in [0.2, 0.25) is 5.91 Å². The van der Waals surface area contributed by atoms with Gasteiger partial charge in [-0.05, 0) is 19.3 Å². The number of carbonyl (C=O) groups excluding carboxylic acids is 1. The lowest BCUT2D eigenvalue weighted by Crippen LogP contribution is -2.35. The highest BCUT2D eigenvalue weighted by Crippen LogP contribution is 2.25. The van der Waals surface area contributed by atoms with E-state index in [-0.39, 0.29) is 23.9 Å². The third kappa shape index (κ3) is 2.21. The number of carbonyl (C=O) groups is 1. The Hall–Kier alpha value is -0.570. The quantitative estimate of drug-likeness (QED) is 0.663. The first-order valence-electron chi connectivity index (χ1n) is 5.33. The lowest BCUT2D eigenvalue weighted by atomic mass is 9.89. The molecule has 2 aliphatic rings. The molecule has 0 bridgehead atoms. The van der Waals surface area contributed by atoms with Crippen molar-refractivity contribution in [1.82, 2.24) is 5.32 Å². The average Bonchev–Trinajstić information content (AvgIpc) is 2.83. The van der Waals surface area contributed by atoms with Gasteiger partial charge in [0.05, 0.1) is 0 Å². The molecule has 0 aromatic rings. The summed E-state index contributed by atoms with van der Waals surface area (Å²) in [6, 6.07) is 0.516. The summed E-state index contributed by atoms with van der Waals surface area (Å²) in [6.45, 7) is 0. The van der Waals surface area contributed by atoms with Crippen LogP contribution in [0.15, 0.2) is 0 Å². The minimum absolute atomic E-state index is 0.229. The number of hydrogen-bond acceptors (Lipinski definition) is 2. The molecule has 2 saturated carbocycles. The molecule has 0 radical (unpaired) electrons. The maximum Gasteiger partial charge on any atom is 0.223 e. The maximum absolute atomic E-state index is 11.6. The predicted molar refractivity (Wildman–Crippen MR) is 51.1 cm³/mol. The Kier molecular flexibility index (Phi) is 2.54. The van der Waals surface area contributed by atoms with Crippen LogP contribution in [-0.4, -0.2) is 18.0 Å². The van der Waals surface area contributed by atoms with Crippen LogP contribution in [0, 0.1) is 5.92 Å². The van der Waals surface area contributed by atoms with Gasteiger partial charge in [0.25, 0.3) is 0 Å². The molecule has 3 nitrogen and oxygen atoms in total. The van der Waals surface area contributed by atoms with Crippen LogP contribution >= 0.6 is 0 Å². The summed E-state index contributed by atoms with van der Waals surface area (Å²) in [5.41, 5.74) is 5.63. The van der Waals surface area contributed by atoms with Gasteiger partial charge in [0, 0.05) is 18.0 Å². The molecule has 0 saturated heterocycles. The van der Waals surface area contributed by atoms with E-state index >= 15 is 0 Å². The SMILES string of the molecule is NC1CC1NC(=O)C1CCCCC1. The number of amides is 1. The van der Waals surface area contributed by atoms with E-state index in [4.69, 9.17) is 5.73 Å². The van der Waals surface area contributed by atoms with Crippen LogP contribution in [0.5, 0.6) is 0 Å². The summed E-state index contributed by atoms with van der Waals surface area (Å²) < 4.78 is 0. The second-order valence-electron chi connectivity index (χ2n) is 4.35. The molecule has 1 amide bonds. The molecule has 3 N–H and O–H groups in total. The Balaban J connectivity index is 1.75. The molecule has 0 heterocycles. The highest BCUT2D eigenvalue weighted by molar-refractivity contribution is 5.79. The summed E-state index contributed by atoms with van der Waals surface area (Å²) in [7, 11) is 0. The summed E-state index contributed by atoms with van der Waals surface area (Å²) in [5, 5.41) is 3.01. The fourth-order valence-corrected chi connectivity index (χ4v) is 2.05. The van der Waals surface area contributed by atoms with E-state index in [2.05, 4.69) is 5.32 Å². The fraction of sp³-hybridized carbons (Fsp3) is 0.900. The molecule has 13 heavy (non-hydrogen) atoms. The first kappa shape index (κ1) is 9.00. The first-order valence-corrected chi connectivity index (χ1v) is 5.33. The third-order valence-electron chi connectivity index (χ3n) is 3.14. The van der Waals surface area contributed by atoms with Crippen molar-refractivity contribution in [3.05, 3.63) is 0 Å². The molecule has 0 aromatic carbocycles. The molecular weight excluding hydrogens is 164 g/mol. The molecule has 0 aliphatic heterocycles. The molecule has 2 rings (SSSR count). The largest absolute Gasteiger partial charge is 0.352 e. The topological polar surface area (TPSA) is 55.1 Å². The summed E-state index contributed by atoms with van der Waals surface area (Å²) in [5.74, 6) is 0.527. The minimum Gasteiger partial charge on any atom is -0.352 e. The van der Waals surface area contributed by atoms with Crippen LogP contribution in [0.1, 0.15) is 38.5 Å². The van der Waals surface area contributed by atoms with E-state index in [1.54, 1.807) is 0 Å². The molecule has 0 aromatic heterocycles. The van der Waals surface area contributed by atoms with Gasteiger partial charge < -0.3 is 11.1 Å². The second kappa shape index (κ2) is 3.66. The Bertz CT molecular complexity index is 199. The van der Waals surface area contributed by atoms with Gasteiger partial charge in [-0.3, -0.25) is 4.79 Å². The molecule has 74 valence electrons. The standard InChI is InChI=1S/C10H18N2O/c11-8-6-9(8)12-10(13)7-4-2-1-3-5-7/h7-9H,1-6,11H2,(H,12,13). The molecule has 3 heteroatoms. The number of nitrogens with one attached hydrogen (secondary N) is 1. The Morgan fingerprint density at radius 2 is 1.85 bits per heavy atom. The number of hydrogen-bond donors (Lipinski definition) is 2. The minimum atomic E-state index is 0.229. The highest BCUT2D eigenvalue weighted by Gasteiger charge is 2.36. The molecule has 2 unspecified atom stereocenters. The Labute approximate surface area is 79.1 Å². The normalized spacial score (nSPS) is 34.2. The highest BCUT2D eigenvalue weighted by atomic mass is 16.2. The molecule has 0 spiro atoms. The van der Waals surface area contributed by atoms with Gasteiger partial charge in [-0.25, -0.2) is 0 Å². The zero-order chi connectivity index (χ0) is 9.26. The van der Waals surface area contributed by atoms with E-state index in [1.165, 1.54) is 19.3 Å². The van der Waals surface area contributed by atoms with Crippen molar-refractivity contribution in [3.8, 4) is 0 Å². The molecule has 2 atom stereocenters. The number of nitrogens with two attached hydrogens (primary N) is 1. The Morgan fingerprint density at radius 3 is 2.38 bits per heavy atom. The van der Waals surface area contributed by atoms with Crippen molar-refractivity contribution < 1.29 is 4.79 Å². The van der Waals surface area contributed by atoms with Gasteiger partial charge in [-0.1, -0.05) is 19.3 Å². The lowest BCUT2D eigenvalue weighted by molar-refractivity contribution is -0.126. The molecular formula is C10H18N2O. The molecule has 2 aliphatic carbocycles. The van der Waals surface area contributed by atoms with Gasteiger partial charge in [-0.15, -0.1) is 0 Å². The van der Waals surface area contributed by atoms with Gasteiger partial charge in [0.1, 0.15) is 0 Å². The van der Waals surface area contributed by atoms with E-state index in [9.17, 15) is 4.79 Å². The average molecular weight is 182 g/mol. The van der Waals surface area contributed by atoms with Crippen LogP contribution in [-0.2, 0) is 4.79 Å². The van der Waals surface area contributed by atoms with E-state index in [0.29, 0.717) is 0 Å². The third-order valence-corrected chi connectivity index (χ3v) is 3.14. The van der Waals surface area contributed by atoms with Crippen molar-refractivity contribution in [2.24, 2.45) is 11.7 Å². The van der Waals surface area contributed by atoms with E-state index < -0.39 is 0 Å². The Morgan fingerprint density at radius 1 is 1.23 bits per heavy atom. The van der Waals surface area contributed by atoms with Crippen molar-refractivity contribution in [3.63, 3.8) is 0 Å². The monoisotopic (exact) mass is 182 g/mol. The van der Waals surface area contributed by atoms with Gasteiger partial charge >= 0.3 is 0 Å². The summed E-state index contributed by atoms with van der Waals surface area (Å²) >= 11 is 0. The maximum atomic E-state index is 11.6. The second-order valence-corrected chi connectivity index (χ2v) is 4.35. The summed E-state index contributed by atoms with van der Waals surface area (Å²) in [6.07, 6.45) is 6.86. The van der Waals surface area contributed by atoms with Gasteiger partial charge in [0.15, 0.2) is 0 Å². The van der Waals surface area contributed by atoms with Crippen molar-refractivity contribution in [2.45, 2.75) is 50.6 Å². The van der Waals surface area contributed by atoms with Gasteiger partial charge in [-0.2, -0.15) is 0 Å². The van der Waals surface area contributed by atoms with Crippen molar-refractivity contribution >= 4 is 5.91 Å². The van der Waals surface area contributed by atoms with Crippen LogP contribution in [0.3, 0.4) is 0 Å². The first-order chi connectivity index (χ1) is 6.27. The van der Waals surface area contributed by atoms with Crippen molar-refractivity contribution in [1.29, 1.82) is 0 Å². The lowest BCUT2D eigenvalue weighted by Gasteiger charge is -2.20. The van der Waals surface area contributed by atoms with Crippen LogP contribution in [0.25, 0.3) is 0 Å². The van der Waals surface area contributed by atoms with Crippen LogP contribution in [0.4, 0.5) is 0 Å². The van der Waals surface area contributed by atoms with Crippen molar-refractivity contribution in [2.75, 3.05) is 0 Å². The predicted octanol–water partition coefficient (Wildman–Crippen LogP) is 0.782. The number of rotatable bonds is 2. The van der Waals surface area contributed by atoms with Crippen LogP contribution < -0.4 is 11.1 Å². The molecule has 2 fully saturated rings. The zero-order valence-electron chi connectivity index (χ0n) is 7.96.